The summed E-state index contributed by atoms with van der Waals surface area (Å²) < 4.78 is 2.09. The highest BCUT2D eigenvalue weighted by Crippen LogP contribution is 2.25. The van der Waals surface area contributed by atoms with E-state index in [9.17, 15) is 0 Å². The minimum atomic E-state index is 0.886. The molecule has 0 saturated heterocycles. The van der Waals surface area contributed by atoms with E-state index in [1.54, 1.807) is 11.3 Å². The number of thiophene rings is 1. The molecule has 0 atom stereocenters. The molecule has 1 aromatic carbocycles. The van der Waals surface area contributed by atoms with Gasteiger partial charge in [0.05, 0.1) is 27.8 Å². The van der Waals surface area contributed by atoms with Gasteiger partial charge in [-0.15, -0.1) is 11.3 Å². The highest BCUT2D eigenvalue weighted by molar-refractivity contribution is 7.13. The summed E-state index contributed by atoms with van der Waals surface area (Å²) in [4.78, 5) is 10.2. The van der Waals surface area contributed by atoms with Gasteiger partial charge in [0, 0.05) is 6.20 Å². The number of para-hydroxylation sites is 2. The van der Waals surface area contributed by atoms with E-state index < -0.39 is 0 Å². The molecule has 0 saturated carbocycles. The summed E-state index contributed by atoms with van der Waals surface area (Å²) in [5.41, 5.74) is 3.96. The van der Waals surface area contributed by atoms with Crippen molar-refractivity contribution >= 4 is 28.0 Å². The number of aromatic nitrogens is 3. The zero-order valence-electron chi connectivity index (χ0n) is 9.45. The van der Waals surface area contributed by atoms with Gasteiger partial charge in [-0.1, -0.05) is 18.2 Å². The summed E-state index contributed by atoms with van der Waals surface area (Å²) >= 11 is 1.70. The van der Waals surface area contributed by atoms with E-state index >= 15 is 0 Å². The molecular weight excluding hydrogens is 242 g/mol. The van der Waals surface area contributed by atoms with Crippen LogP contribution in [0.4, 0.5) is 0 Å². The monoisotopic (exact) mass is 251 g/mol. The third-order valence-corrected chi connectivity index (χ3v) is 3.86. The average molecular weight is 251 g/mol. The first-order chi connectivity index (χ1) is 8.92. The lowest BCUT2D eigenvalue weighted by Gasteiger charge is -1.99. The van der Waals surface area contributed by atoms with Crippen molar-refractivity contribution in [3.63, 3.8) is 0 Å². The van der Waals surface area contributed by atoms with Crippen LogP contribution in [0.15, 0.2) is 54.2 Å². The quantitative estimate of drug-likeness (QED) is 0.517. The number of imidazole rings is 1. The van der Waals surface area contributed by atoms with Crippen molar-refractivity contribution in [3.05, 3.63) is 54.2 Å². The lowest BCUT2D eigenvalue weighted by Crippen LogP contribution is -1.88. The SMILES string of the molecule is c1csc(-c2cn3c(cnc4ccccc43)n2)c1. The maximum absolute atomic E-state index is 4.62. The number of hydrogen-bond donors (Lipinski definition) is 0. The van der Waals surface area contributed by atoms with E-state index in [-0.39, 0.29) is 0 Å². The molecule has 86 valence electrons. The van der Waals surface area contributed by atoms with Crippen molar-refractivity contribution in [2.45, 2.75) is 0 Å². The van der Waals surface area contributed by atoms with Crippen LogP contribution < -0.4 is 0 Å². The van der Waals surface area contributed by atoms with Gasteiger partial charge in [-0.25, -0.2) is 4.98 Å². The average Bonchev–Trinajstić information content (AvgIpc) is 3.07. The van der Waals surface area contributed by atoms with Crippen LogP contribution in [0, 0.1) is 0 Å². The summed E-state index contributed by atoms with van der Waals surface area (Å²) in [6.07, 6.45) is 3.89. The highest BCUT2D eigenvalue weighted by atomic mass is 32.1. The van der Waals surface area contributed by atoms with Crippen molar-refractivity contribution in [2.24, 2.45) is 0 Å². The minimum absolute atomic E-state index is 0.886. The van der Waals surface area contributed by atoms with Gasteiger partial charge in [-0.3, -0.25) is 9.38 Å². The van der Waals surface area contributed by atoms with E-state index in [2.05, 4.69) is 38.1 Å². The molecule has 4 rings (SSSR count). The molecule has 0 aliphatic heterocycles. The number of benzene rings is 1. The molecule has 4 aromatic rings. The molecule has 0 aliphatic rings. The van der Waals surface area contributed by atoms with Crippen molar-refractivity contribution in [2.75, 3.05) is 0 Å². The second-order valence-electron chi connectivity index (χ2n) is 4.08. The summed E-state index contributed by atoms with van der Waals surface area (Å²) in [7, 11) is 0. The van der Waals surface area contributed by atoms with Gasteiger partial charge in [-0.05, 0) is 23.6 Å². The number of rotatable bonds is 1. The van der Waals surface area contributed by atoms with Gasteiger partial charge in [0.2, 0.25) is 0 Å². The van der Waals surface area contributed by atoms with Gasteiger partial charge in [0.25, 0.3) is 0 Å². The third kappa shape index (κ3) is 1.36. The maximum atomic E-state index is 4.62. The van der Waals surface area contributed by atoms with Crippen molar-refractivity contribution in [3.8, 4) is 10.6 Å². The Morgan fingerprint density at radius 1 is 1.06 bits per heavy atom. The summed E-state index contributed by atoms with van der Waals surface area (Å²) in [6.45, 7) is 0. The first kappa shape index (κ1) is 9.79. The predicted octanol–water partition coefficient (Wildman–Crippen LogP) is 3.61. The Labute approximate surface area is 107 Å². The highest BCUT2D eigenvalue weighted by Gasteiger charge is 2.07. The second kappa shape index (κ2) is 3.65. The number of hydrogen-bond acceptors (Lipinski definition) is 3. The van der Waals surface area contributed by atoms with Crippen LogP contribution in [0.5, 0.6) is 0 Å². The fourth-order valence-corrected chi connectivity index (χ4v) is 2.81. The van der Waals surface area contributed by atoms with Crippen molar-refractivity contribution < 1.29 is 0 Å². The van der Waals surface area contributed by atoms with Gasteiger partial charge in [0.15, 0.2) is 5.65 Å². The summed E-state index contributed by atoms with van der Waals surface area (Å²) in [6, 6.07) is 12.2. The normalized spacial score (nSPS) is 11.3. The Morgan fingerprint density at radius 2 is 2.00 bits per heavy atom. The zero-order valence-corrected chi connectivity index (χ0v) is 10.3. The van der Waals surface area contributed by atoms with E-state index in [4.69, 9.17) is 0 Å². The van der Waals surface area contributed by atoms with Gasteiger partial charge in [-0.2, -0.15) is 0 Å². The van der Waals surface area contributed by atoms with E-state index in [0.717, 1.165) is 22.4 Å². The van der Waals surface area contributed by atoms with Crippen molar-refractivity contribution in [1.82, 2.24) is 14.4 Å². The predicted molar refractivity (Wildman–Crippen MR) is 73.8 cm³/mol. The smallest absolute Gasteiger partial charge is 0.156 e. The summed E-state index contributed by atoms with van der Waals surface area (Å²) in [5, 5.41) is 2.07. The van der Waals surface area contributed by atoms with Crippen LogP contribution in [-0.2, 0) is 0 Å². The first-order valence-electron chi connectivity index (χ1n) is 5.68. The first-order valence-corrected chi connectivity index (χ1v) is 6.56. The molecule has 0 unspecified atom stereocenters. The number of nitrogens with zero attached hydrogens (tertiary/aromatic N) is 3. The fraction of sp³-hybridized carbons (Fsp3) is 0. The van der Waals surface area contributed by atoms with E-state index in [1.807, 2.05) is 30.5 Å². The molecule has 3 heterocycles. The second-order valence-corrected chi connectivity index (χ2v) is 5.03. The molecule has 0 amide bonds. The molecule has 0 fully saturated rings. The fourth-order valence-electron chi connectivity index (χ4n) is 2.13. The maximum Gasteiger partial charge on any atom is 0.156 e. The largest absolute Gasteiger partial charge is 0.296 e. The van der Waals surface area contributed by atoms with Crippen LogP contribution in [0.1, 0.15) is 0 Å². The Morgan fingerprint density at radius 3 is 2.89 bits per heavy atom. The topological polar surface area (TPSA) is 30.2 Å². The molecular formula is C14H9N3S. The van der Waals surface area contributed by atoms with E-state index in [0.29, 0.717) is 0 Å². The third-order valence-electron chi connectivity index (χ3n) is 2.97. The zero-order chi connectivity index (χ0) is 11.9. The molecule has 0 radical (unpaired) electrons. The molecule has 0 N–H and O–H groups in total. The summed E-state index contributed by atoms with van der Waals surface area (Å²) in [5.74, 6) is 0. The van der Waals surface area contributed by atoms with Gasteiger partial charge >= 0.3 is 0 Å². The minimum Gasteiger partial charge on any atom is -0.296 e. The molecule has 3 aromatic heterocycles. The molecule has 3 nitrogen and oxygen atoms in total. The Kier molecular flexibility index (Phi) is 1.98. The molecule has 4 heteroatoms. The Hall–Kier alpha value is -2.20. The van der Waals surface area contributed by atoms with Crippen LogP contribution >= 0.6 is 11.3 Å². The molecule has 0 bridgehead atoms. The standard InChI is InChI=1S/C14H9N3S/c1-2-5-12-10(4-1)15-8-14-16-11(9-17(12)14)13-6-3-7-18-13/h1-9H. The van der Waals surface area contributed by atoms with E-state index in [1.165, 1.54) is 4.88 Å². The lowest BCUT2D eigenvalue weighted by molar-refractivity contribution is 1.21. The van der Waals surface area contributed by atoms with Gasteiger partial charge < -0.3 is 0 Å². The van der Waals surface area contributed by atoms with Crippen molar-refractivity contribution in [1.29, 1.82) is 0 Å². The molecule has 0 aliphatic carbocycles. The van der Waals surface area contributed by atoms with Crippen LogP contribution in [-0.4, -0.2) is 14.4 Å². The van der Waals surface area contributed by atoms with Crippen LogP contribution in [0.2, 0.25) is 0 Å². The van der Waals surface area contributed by atoms with Gasteiger partial charge in [0.1, 0.15) is 0 Å². The molecule has 18 heavy (non-hydrogen) atoms. The van der Waals surface area contributed by atoms with Crippen LogP contribution in [0.3, 0.4) is 0 Å². The Bertz CT molecular complexity index is 831. The Balaban J connectivity index is 2.08. The molecule has 0 spiro atoms. The lowest BCUT2D eigenvalue weighted by atomic mass is 10.3. The van der Waals surface area contributed by atoms with Crippen LogP contribution in [0.25, 0.3) is 27.3 Å². The number of fused-ring (bicyclic) bond motifs is 3.